The Morgan fingerprint density at radius 1 is 1.35 bits per heavy atom. The van der Waals surface area contributed by atoms with Gasteiger partial charge in [-0.1, -0.05) is 30.3 Å². The zero-order valence-electron chi connectivity index (χ0n) is 12.5. The molecule has 23 heavy (non-hydrogen) atoms. The first-order valence-electron chi connectivity index (χ1n) is 7.05. The third-order valence-electron chi connectivity index (χ3n) is 3.47. The summed E-state index contributed by atoms with van der Waals surface area (Å²) < 4.78 is 0.713. The van der Waals surface area contributed by atoms with Crippen LogP contribution in [-0.2, 0) is 6.54 Å². The number of aromatic nitrogens is 2. The Hall–Kier alpha value is -2.91. The molecule has 0 spiro atoms. The van der Waals surface area contributed by atoms with E-state index in [4.69, 9.17) is 5.26 Å². The lowest BCUT2D eigenvalue weighted by molar-refractivity contribution is -0.611. The Morgan fingerprint density at radius 3 is 2.87 bits per heavy atom. The van der Waals surface area contributed by atoms with Gasteiger partial charge in [0.15, 0.2) is 17.0 Å². The van der Waals surface area contributed by atoms with Crippen LogP contribution in [0, 0.1) is 23.5 Å². The molecule has 0 saturated carbocycles. The summed E-state index contributed by atoms with van der Waals surface area (Å²) >= 11 is 1.48. The van der Waals surface area contributed by atoms with Crippen molar-refractivity contribution in [3.63, 3.8) is 0 Å². The largest absolute Gasteiger partial charge is 0.618 e. The third kappa shape index (κ3) is 3.30. The minimum atomic E-state index is 0.326. The van der Waals surface area contributed by atoms with Crippen molar-refractivity contribution in [1.29, 1.82) is 5.26 Å². The van der Waals surface area contributed by atoms with Crippen molar-refractivity contribution in [3.8, 4) is 17.3 Å². The van der Waals surface area contributed by atoms with Crippen LogP contribution in [-0.4, -0.2) is 4.98 Å². The molecule has 114 valence electrons. The average Bonchev–Trinajstić information content (AvgIpc) is 3.05. The molecule has 5 nitrogen and oxygen atoms in total. The number of thiazole rings is 1. The summed E-state index contributed by atoms with van der Waals surface area (Å²) in [4.78, 5) is 4.52. The van der Waals surface area contributed by atoms with Gasteiger partial charge < -0.3 is 10.5 Å². The second-order valence-electron chi connectivity index (χ2n) is 5.04. The maximum atomic E-state index is 11.8. The van der Waals surface area contributed by atoms with Crippen LogP contribution in [0.5, 0.6) is 0 Å². The number of nitrogens with zero attached hydrogens (tertiary/aromatic N) is 3. The number of nitriles is 1. The van der Waals surface area contributed by atoms with E-state index in [9.17, 15) is 5.21 Å². The normalized spacial score (nSPS) is 10.3. The van der Waals surface area contributed by atoms with Gasteiger partial charge in [0.2, 0.25) is 0 Å². The van der Waals surface area contributed by atoms with E-state index in [2.05, 4.69) is 10.3 Å². The lowest BCUT2D eigenvalue weighted by atomic mass is 10.1. The monoisotopic (exact) mass is 322 g/mol. The number of anilines is 1. The van der Waals surface area contributed by atoms with Crippen LogP contribution in [0.25, 0.3) is 11.3 Å². The van der Waals surface area contributed by atoms with E-state index in [0.717, 1.165) is 5.13 Å². The van der Waals surface area contributed by atoms with Crippen molar-refractivity contribution < 1.29 is 4.73 Å². The molecular formula is C17H14N4OS. The molecule has 1 N–H and O–H groups in total. The lowest BCUT2D eigenvalue weighted by Gasteiger charge is -2.05. The number of hydrogen-bond donors (Lipinski definition) is 1. The van der Waals surface area contributed by atoms with Gasteiger partial charge >= 0.3 is 0 Å². The van der Waals surface area contributed by atoms with Crippen LogP contribution >= 0.6 is 11.3 Å². The molecule has 2 aromatic heterocycles. The Kier molecular flexibility index (Phi) is 4.22. The summed E-state index contributed by atoms with van der Waals surface area (Å²) in [6.07, 6.45) is 1.28. The van der Waals surface area contributed by atoms with Crippen molar-refractivity contribution in [3.05, 3.63) is 70.0 Å². The van der Waals surface area contributed by atoms with E-state index in [1.54, 1.807) is 13.0 Å². The molecule has 0 aliphatic carbocycles. The molecule has 0 amide bonds. The maximum Gasteiger partial charge on any atom is 0.199 e. The highest BCUT2D eigenvalue weighted by atomic mass is 32.1. The third-order valence-corrected chi connectivity index (χ3v) is 4.27. The number of hydrogen-bond acceptors (Lipinski definition) is 5. The molecule has 2 heterocycles. The van der Waals surface area contributed by atoms with Crippen LogP contribution in [0.1, 0.15) is 16.8 Å². The highest BCUT2D eigenvalue weighted by Gasteiger charge is 2.15. The van der Waals surface area contributed by atoms with E-state index in [1.807, 2.05) is 41.8 Å². The van der Waals surface area contributed by atoms with E-state index >= 15 is 0 Å². The van der Waals surface area contributed by atoms with Crippen LogP contribution in [0.15, 0.2) is 48.0 Å². The summed E-state index contributed by atoms with van der Waals surface area (Å²) in [5.41, 5.74) is 3.41. The molecule has 0 atom stereocenters. The predicted molar refractivity (Wildman–Crippen MR) is 89.7 cm³/mol. The second-order valence-corrected chi connectivity index (χ2v) is 5.90. The van der Waals surface area contributed by atoms with Crippen molar-refractivity contribution in [2.45, 2.75) is 13.5 Å². The molecule has 0 saturated heterocycles. The number of nitrogens with one attached hydrogen (secondary N) is 1. The van der Waals surface area contributed by atoms with E-state index in [-0.39, 0.29) is 0 Å². The summed E-state index contributed by atoms with van der Waals surface area (Å²) in [6, 6.07) is 13.7. The van der Waals surface area contributed by atoms with Gasteiger partial charge in [-0.05, 0) is 11.6 Å². The van der Waals surface area contributed by atoms with Crippen molar-refractivity contribution in [2.24, 2.45) is 0 Å². The zero-order chi connectivity index (χ0) is 16.2. The zero-order valence-corrected chi connectivity index (χ0v) is 13.3. The van der Waals surface area contributed by atoms with Gasteiger partial charge in [0, 0.05) is 18.8 Å². The van der Waals surface area contributed by atoms with Crippen LogP contribution in [0.2, 0.25) is 0 Å². The molecule has 0 fully saturated rings. The van der Waals surface area contributed by atoms with Crippen LogP contribution < -0.4 is 10.0 Å². The fourth-order valence-corrected chi connectivity index (χ4v) is 2.92. The highest BCUT2D eigenvalue weighted by molar-refractivity contribution is 7.14. The van der Waals surface area contributed by atoms with E-state index in [0.29, 0.717) is 33.8 Å². The fourth-order valence-electron chi connectivity index (χ4n) is 2.21. The summed E-state index contributed by atoms with van der Waals surface area (Å²) in [7, 11) is 0. The first-order valence-corrected chi connectivity index (χ1v) is 7.93. The van der Waals surface area contributed by atoms with E-state index in [1.165, 1.54) is 23.1 Å². The molecule has 3 rings (SSSR count). The van der Waals surface area contributed by atoms with Crippen molar-refractivity contribution >= 4 is 16.5 Å². The van der Waals surface area contributed by atoms with Crippen molar-refractivity contribution in [1.82, 2.24) is 4.98 Å². The molecular weight excluding hydrogens is 308 g/mol. The molecule has 0 radical (unpaired) electrons. The Labute approximate surface area is 138 Å². The van der Waals surface area contributed by atoms with E-state index < -0.39 is 0 Å². The standard InChI is InChI=1S/C17H14N4OS/c1-12-15(7-14(8-18)10-21(12)22)16-11-23-17(20-16)19-9-13-5-3-2-4-6-13/h2-7,10-11H,9H2,1H3,(H,19,20). The van der Waals surface area contributed by atoms with Gasteiger partial charge in [0.05, 0.1) is 11.3 Å². The first-order chi connectivity index (χ1) is 11.2. The topological polar surface area (TPSA) is 75.7 Å². The van der Waals surface area contributed by atoms with Gasteiger partial charge in [0.25, 0.3) is 0 Å². The SMILES string of the molecule is Cc1c(-c2csc(NCc3ccccc3)n2)cc(C#N)c[n+]1[O-]. The van der Waals surface area contributed by atoms with Gasteiger partial charge in [-0.3, -0.25) is 0 Å². The van der Waals surface area contributed by atoms with Crippen LogP contribution in [0.3, 0.4) is 0 Å². The summed E-state index contributed by atoms with van der Waals surface area (Å²) in [5, 5.41) is 26.8. The summed E-state index contributed by atoms with van der Waals surface area (Å²) in [5.74, 6) is 0. The quantitative estimate of drug-likeness (QED) is 0.591. The molecule has 3 aromatic rings. The molecule has 1 aromatic carbocycles. The Balaban J connectivity index is 1.82. The minimum absolute atomic E-state index is 0.326. The predicted octanol–water partition coefficient (Wildman–Crippen LogP) is 3.24. The maximum absolute atomic E-state index is 11.8. The van der Waals surface area contributed by atoms with Crippen LogP contribution in [0.4, 0.5) is 5.13 Å². The summed E-state index contributed by atoms with van der Waals surface area (Å²) in [6.45, 7) is 2.41. The molecule has 0 unspecified atom stereocenters. The highest BCUT2D eigenvalue weighted by Crippen LogP contribution is 2.27. The lowest BCUT2D eigenvalue weighted by Crippen LogP contribution is -2.30. The second kappa shape index (κ2) is 6.46. The van der Waals surface area contributed by atoms with Crippen molar-refractivity contribution in [2.75, 3.05) is 5.32 Å². The van der Waals surface area contributed by atoms with Gasteiger partial charge in [0.1, 0.15) is 11.6 Å². The van der Waals surface area contributed by atoms with Gasteiger partial charge in [-0.2, -0.15) is 9.99 Å². The number of pyridine rings is 1. The molecule has 6 heteroatoms. The first kappa shape index (κ1) is 15.0. The molecule has 0 aliphatic heterocycles. The fraction of sp³-hybridized carbons (Fsp3) is 0.118. The average molecular weight is 322 g/mol. The minimum Gasteiger partial charge on any atom is -0.618 e. The smallest absolute Gasteiger partial charge is 0.199 e. The molecule has 0 aliphatic rings. The van der Waals surface area contributed by atoms with Gasteiger partial charge in [-0.25, -0.2) is 4.98 Å². The Morgan fingerprint density at radius 2 is 2.13 bits per heavy atom. The van der Waals surface area contributed by atoms with Gasteiger partial charge in [-0.15, -0.1) is 11.3 Å². The number of rotatable bonds is 4. The Bertz CT molecular complexity index is 868. The molecule has 0 bridgehead atoms. The number of benzene rings is 1.